The van der Waals surface area contributed by atoms with Gasteiger partial charge in [0.15, 0.2) is 5.78 Å². The molecule has 0 bridgehead atoms. The van der Waals surface area contributed by atoms with Gasteiger partial charge in [-0.2, -0.15) is 0 Å². The SMILES string of the molecule is CCC(C)C(=O)OC1CC/C(=N\OCc2c(C)noc2C)C2=CC(=O)C(C)C(CCC(=O)CC(O)CC(=O)O)C21. The number of hydrogen-bond donors (Lipinski definition) is 2. The van der Waals surface area contributed by atoms with E-state index in [1.807, 2.05) is 20.8 Å². The van der Waals surface area contributed by atoms with Crippen molar-refractivity contribution in [2.75, 3.05) is 0 Å². The van der Waals surface area contributed by atoms with Crippen LogP contribution < -0.4 is 0 Å². The largest absolute Gasteiger partial charge is 0.481 e. The highest BCUT2D eigenvalue weighted by molar-refractivity contribution is 6.08. The van der Waals surface area contributed by atoms with Crippen molar-refractivity contribution in [1.82, 2.24) is 5.16 Å². The van der Waals surface area contributed by atoms with Crippen molar-refractivity contribution in [3.63, 3.8) is 0 Å². The van der Waals surface area contributed by atoms with Gasteiger partial charge in [0.1, 0.15) is 24.3 Å². The Labute approximate surface area is 233 Å². The van der Waals surface area contributed by atoms with E-state index in [2.05, 4.69) is 10.3 Å². The van der Waals surface area contributed by atoms with Crippen LogP contribution in [-0.2, 0) is 35.4 Å². The summed E-state index contributed by atoms with van der Waals surface area (Å²) in [5, 5.41) is 27.0. The van der Waals surface area contributed by atoms with Gasteiger partial charge in [-0.15, -0.1) is 0 Å². The number of oxime groups is 1. The van der Waals surface area contributed by atoms with Crippen LogP contribution in [0, 0.1) is 37.5 Å². The molecule has 1 fully saturated rings. The smallest absolute Gasteiger partial charge is 0.308 e. The molecule has 0 saturated heterocycles. The predicted octanol–water partition coefficient (Wildman–Crippen LogP) is 3.87. The maximum Gasteiger partial charge on any atom is 0.308 e. The average Bonchev–Trinajstić information content (AvgIpc) is 3.21. The topological polar surface area (TPSA) is 166 Å². The van der Waals surface area contributed by atoms with Gasteiger partial charge in [0.2, 0.25) is 0 Å². The van der Waals surface area contributed by atoms with E-state index >= 15 is 0 Å². The number of carboxylic acids is 1. The number of aliphatic hydroxyl groups is 1. The van der Waals surface area contributed by atoms with Crippen LogP contribution in [0.2, 0.25) is 0 Å². The zero-order chi connectivity index (χ0) is 29.6. The summed E-state index contributed by atoms with van der Waals surface area (Å²) in [6.07, 6.45) is 0.947. The van der Waals surface area contributed by atoms with Crippen LogP contribution in [0.25, 0.3) is 0 Å². The molecule has 6 atom stereocenters. The summed E-state index contributed by atoms with van der Waals surface area (Å²) >= 11 is 0. The van der Waals surface area contributed by atoms with Crippen molar-refractivity contribution in [2.45, 2.75) is 98.4 Å². The molecule has 11 heteroatoms. The number of aromatic nitrogens is 1. The van der Waals surface area contributed by atoms with E-state index in [4.69, 9.17) is 19.2 Å². The van der Waals surface area contributed by atoms with Crippen LogP contribution >= 0.6 is 0 Å². The number of Topliss-reactive ketones (excluding diaryl/α,β-unsaturated/α-hetero) is 1. The molecule has 40 heavy (non-hydrogen) atoms. The number of hydrogen-bond acceptors (Lipinski definition) is 10. The van der Waals surface area contributed by atoms with Crippen molar-refractivity contribution in [3.05, 3.63) is 28.7 Å². The Balaban J connectivity index is 1.84. The van der Waals surface area contributed by atoms with E-state index in [0.29, 0.717) is 48.4 Å². The summed E-state index contributed by atoms with van der Waals surface area (Å²) in [7, 11) is 0. The second-order valence-electron chi connectivity index (χ2n) is 11.0. The highest BCUT2D eigenvalue weighted by atomic mass is 16.6. The number of aliphatic carboxylic acids is 1. The molecule has 220 valence electrons. The van der Waals surface area contributed by atoms with E-state index in [0.717, 1.165) is 5.56 Å². The van der Waals surface area contributed by atoms with Crippen LogP contribution in [0.1, 0.15) is 82.7 Å². The predicted molar refractivity (Wildman–Crippen MR) is 143 cm³/mol. The number of ketones is 2. The quantitative estimate of drug-likeness (QED) is 0.267. The zero-order valence-electron chi connectivity index (χ0n) is 23.8. The molecule has 1 aromatic heterocycles. The number of allylic oxidation sites excluding steroid dienone is 1. The molecule has 6 unspecified atom stereocenters. The summed E-state index contributed by atoms with van der Waals surface area (Å²) in [5.41, 5.74) is 2.75. The van der Waals surface area contributed by atoms with Crippen molar-refractivity contribution < 1.29 is 43.5 Å². The fourth-order valence-electron chi connectivity index (χ4n) is 5.43. The monoisotopic (exact) mass is 560 g/mol. The van der Waals surface area contributed by atoms with Gasteiger partial charge in [-0.05, 0) is 57.1 Å². The number of aryl methyl sites for hydroxylation is 2. The number of carbonyl (C=O) groups excluding carboxylic acids is 3. The van der Waals surface area contributed by atoms with E-state index < -0.39 is 30.5 Å². The van der Waals surface area contributed by atoms with E-state index in [1.165, 1.54) is 0 Å². The van der Waals surface area contributed by atoms with Gasteiger partial charge < -0.3 is 24.3 Å². The first-order chi connectivity index (χ1) is 18.9. The minimum absolute atomic E-state index is 0.0593. The second kappa shape index (κ2) is 13.8. The molecule has 0 amide bonds. The van der Waals surface area contributed by atoms with Crippen LogP contribution in [-0.4, -0.2) is 56.8 Å². The fourth-order valence-corrected chi connectivity index (χ4v) is 5.43. The van der Waals surface area contributed by atoms with Crippen molar-refractivity contribution in [2.24, 2.45) is 28.8 Å². The average molecular weight is 561 g/mol. The molecule has 0 spiro atoms. The Bertz CT molecular complexity index is 1150. The third-order valence-electron chi connectivity index (χ3n) is 8.09. The number of fused-ring (bicyclic) bond motifs is 1. The Hall–Kier alpha value is -3.34. The van der Waals surface area contributed by atoms with Crippen molar-refractivity contribution in [1.29, 1.82) is 0 Å². The zero-order valence-corrected chi connectivity index (χ0v) is 23.8. The first kappa shape index (κ1) is 31.2. The first-order valence-electron chi connectivity index (χ1n) is 13.9. The number of carbonyl (C=O) groups is 4. The first-order valence-corrected chi connectivity index (χ1v) is 13.9. The van der Waals surface area contributed by atoms with Gasteiger partial charge in [-0.1, -0.05) is 31.1 Å². The number of aliphatic hydroxyl groups excluding tert-OH is 1. The van der Waals surface area contributed by atoms with Crippen LogP contribution in [0.5, 0.6) is 0 Å². The summed E-state index contributed by atoms with van der Waals surface area (Å²) in [6.45, 7) is 9.27. The Morgan fingerprint density at radius 1 is 1.25 bits per heavy atom. The molecule has 2 aliphatic carbocycles. The van der Waals surface area contributed by atoms with Crippen LogP contribution in [0.3, 0.4) is 0 Å². The lowest BCUT2D eigenvalue weighted by Crippen LogP contribution is -2.46. The number of rotatable bonds is 13. The summed E-state index contributed by atoms with van der Waals surface area (Å²) < 4.78 is 11.2. The van der Waals surface area contributed by atoms with Gasteiger partial charge in [-0.3, -0.25) is 19.2 Å². The third-order valence-corrected chi connectivity index (χ3v) is 8.09. The molecule has 1 heterocycles. The molecule has 1 aromatic rings. The van der Waals surface area contributed by atoms with Crippen LogP contribution in [0.4, 0.5) is 0 Å². The minimum Gasteiger partial charge on any atom is -0.481 e. The van der Waals surface area contributed by atoms with Gasteiger partial charge in [0, 0.05) is 24.7 Å². The molecule has 3 rings (SSSR count). The van der Waals surface area contributed by atoms with Crippen LogP contribution in [0.15, 0.2) is 21.3 Å². The molecule has 0 aromatic carbocycles. The van der Waals surface area contributed by atoms with Gasteiger partial charge >= 0.3 is 11.9 Å². The minimum atomic E-state index is -1.27. The molecule has 11 nitrogen and oxygen atoms in total. The lowest BCUT2D eigenvalue weighted by molar-refractivity contribution is -0.158. The standard InChI is InChI=1S/C29H40N2O9/c1-6-15(2)29(37)39-26-10-9-24(31-38-14-23-17(4)30-40-18(23)5)22-13-25(34)16(3)21(28(22)26)8-7-19(32)11-20(33)12-27(35)36/h13,15-16,20-21,26,28,33H,6-12,14H2,1-5H3,(H,35,36)/b31-24+. The molecule has 2 aliphatic rings. The highest BCUT2D eigenvalue weighted by Crippen LogP contribution is 2.44. The molecule has 2 N–H and O–H groups in total. The maximum atomic E-state index is 13.1. The number of carboxylic acid groups (broad SMARTS) is 1. The summed E-state index contributed by atoms with van der Waals surface area (Å²) in [4.78, 5) is 55.0. The van der Waals surface area contributed by atoms with E-state index in [9.17, 15) is 24.3 Å². The Morgan fingerprint density at radius 3 is 2.60 bits per heavy atom. The van der Waals surface area contributed by atoms with E-state index in [1.54, 1.807) is 19.9 Å². The fraction of sp³-hybridized carbons (Fsp3) is 0.655. The number of ether oxygens (including phenoxy) is 1. The van der Waals surface area contributed by atoms with Crippen molar-refractivity contribution >= 4 is 29.2 Å². The molecule has 0 radical (unpaired) electrons. The number of esters is 1. The van der Waals surface area contributed by atoms with Gasteiger partial charge in [0.25, 0.3) is 0 Å². The van der Waals surface area contributed by atoms with Gasteiger partial charge in [0.05, 0.1) is 35.4 Å². The Morgan fingerprint density at radius 2 is 1.98 bits per heavy atom. The summed E-state index contributed by atoms with van der Waals surface area (Å²) in [6, 6.07) is 0. The lowest BCUT2D eigenvalue weighted by Gasteiger charge is -2.43. The second-order valence-corrected chi connectivity index (χ2v) is 11.0. The molecule has 0 aliphatic heterocycles. The molecule has 1 saturated carbocycles. The van der Waals surface area contributed by atoms with Crippen molar-refractivity contribution in [3.8, 4) is 0 Å². The highest BCUT2D eigenvalue weighted by Gasteiger charge is 2.46. The normalized spacial score (nSPS) is 25.1. The third kappa shape index (κ3) is 7.65. The van der Waals surface area contributed by atoms with Gasteiger partial charge in [-0.25, -0.2) is 0 Å². The van der Waals surface area contributed by atoms with E-state index in [-0.39, 0.29) is 54.7 Å². The maximum absolute atomic E-state index is 13.1. The Kier molecular flexibility index (Phi) is 10.8. The molecular formula is C29H40N2O9. The molecular weight excluding hydrogens is 520 g/mol. The summed E-state index contributed by atoms with van der Waals surface area (Å²) in [5.74, 6) is -2.65. The lowest BCUT2D eigenvalue weighted by atomic mass is 9.63. The number of nitrogens with zero attached hydrogens (tertiary/aromatic N) is 2.